The molecule has 0 fully saturated rings. The highest BCUT2D eigenvalue weighted by Gasteiger charge is 2.09. The van der Waals surface area contributed by atoms with Gasteiger partial charge in [0.05, 0.1) is 6.33 Å². The van der Waals surface area contributed by atoms with Crippen LogP contribution in [0.4, 0.5) is 11.5 Å². The Labute approximate surface area is 117 Å². The average molecular weight is 267 g/mol. The van der Waals surface area contributed by atoms with Gasteiger partial charge in [-0.3, -0.25) is 0 Å². The second kappa shape index (κ2) is 5.69. The van der Waals surface area contributed by atoms with Crippen molar-refractivity contribution < 1.29 is 0 Å². The number of rotatable bonds is 5. The normalized spacial score (nSPS) is 10.8. The first-order chi connectivity index (χ1) is 9.88. The third-order valence-electron chi connectivity index (χ3n) is 3.19. The molecule has 0 atom stereocenters. The van der Waals surface area contributed by atoms with Crippen molar-refractivity contribution in [1.29, 1.82) is 0 Å². The molecule has 0 radical (unpaired) electrons. The van der Waals surface area contributed by atoms with Crippen LogP contribution in [-0.4, -0.2) is 19.5 Å². The summed E-state index contributed by atoms with van der Waals surface area (Å²) in [7, 11) is 0. The molecule has 20 heavy (non-hydrogen) atoms. The first-order valence-corrected chi connectivity index (χ1v) is 6.86. The van der Waals surface area contributed by atoms with Gasteiger partial charge in [0.25, 0.3) is 0 Å². The third-order valence-corrected chi connectivity index (χ3v) is 3.19. The highest BCUT2D eigenvalue weighted by Crippen LogP contribution is 2.21. The fraction of sp³-hybridized carbons (Fsp3) is 0.267. The molecule has 5 nitrogen and oxygen atoms in total. The van der Waals surface area contributed by atoms with Crippen molar-refractivity contribution in [1.82, 2.24) is 19.5 Å². The highest BCUT2D eigenvalue weighted by atomic mass is 15.1. The zero-order valence-electron chi connectivity index (χ0n) is 11.5. The number of unbranched alkanes of at least 4 members (excludes halogenated alkanes) is 1. The molecular formula is C15H17N5. The number of aromatic nitrogens is 4. The monoisotopic (exact) mass is 267 g/mol. The lowest BCUT2D eigenvalue weighted by molar-refractivity contribution is 0.641. The quantitative estimate of drug-likeness (QED) is 0.770. The minimum Gasteiger partial charge on any atom is -0.338 e. The van der Waals surface area contributed by atoms with Crippen LogP contribution in [0.2, 0.25) is 0 Å². The van der Waals surface area contributed by atoms with Crippen LogP contribution < -0.4 is 5.32 Å². The zero-order valence-corrected chi connectivity index (χ0v) is 11.5. The Kier molecular flexibility index (Phi) is 3.58. The maximum Gasteiger partial charge on any atom is 0.165 e. The molecule has 2 heterocycles. The van der Waals surface area contributed by atoms with Gasteiger partial charge in [-0.25, -0.2) is 15.0 Å². The minimum atomic E-state index is 0.747. The van der Waals surface area contributed by atoms with Crippen LogP contribution in [0.1, 0.15) is 19.8 Å². The maximum absolute atomic E-state index is 4.44. The SMILES string of the molecule is CCCCn1cnc2c(Nc3ccccc3)ncnc21. The lowest BCUT2D eigenvalue weighted by atomic mass is 10.3. The number of imidazole rings is 1. The van der Waals surface area contributed by atoms with E-state index in [-0.39, 0.29) is 0 Å². The largest absolute Gasteiger partial charge is 0.338 e. The second-order valence-electron chi connectivity index (χ2n) is 4.68. The van der Waals surface area contributed by atoms with Gasteiger partial charge >= 0.3 is 0 Å². The summed E-state index contributed by atoms with van der Waals surface area (Å²) in [5.41, 5.74) is 2.69. The Morgan fingerprint density at radius 2 is 1.95 bits per heavy atom. The molecule has 3 rings (SSSR count). The summed E-state index contributed by atoms with van der Waals surface area (Å²) < 4.78 is 2.08. The molecule has 0 saturated carbocycles. The Morgan fingerprint density at radius 1 is 1.10 bits per heavy atom. The summed E-state index contributed by atoms with van der Waals surface area (Å²) in [5.74, 6) is 0.747. The molecule has 0 unspecified atom stereocenters. The molecule has 1 N–H and O–H groups in total. The number of benzene rings is 1. The molecule has 1 aromatic carbocycles. The van der Waals surface area contributed by atoms with Crippen molar-refractivity contribution in [3.8, 4) is 0 Å². The Morgan fingerprint density at radius 3 is 2.75 bits per heavy atom. The van der Waals surface area contributed by atoms with E-state index in [0.29, 0.717) is 0 Å². The minimum absolute atomic E-state index is 0.747. The van der Waals surface area contributed by atoms with Gasteiger partial charge in [0.2, 0.25) is 0 Å². The topological polar surface area (TPSA) is 55.6 Å². The van der Waals surface area contributed by atoms with Crippen LogP contribution in [0.15, 0.2) is 43.0 Å². The predicted molar refractivity (Wildman–Crippen MR) is 80.0 cm³/mol. The predicted octanol–water partition coefficient (Wildman–Crippen LogP) is 3.37. The molecule has 0 saturated heterocycles. The number of nitrogens with zero attached hydrogens (tertiary/aromatic N) is 4. The molecule has 3 aromatic rings. The molecule has 0 aliphatic rings. The van der Waals surface area contributed by atoms with Crippen molar-refractivity contribution >= 4 is 22.7 Å². The van der Waals surface area contributed by atoms with Crippen LogP contribution in [0.3, 0.4) is 0 Å². The van der Waals surface area contributed by atoms with Crippen LogP contribution in [0.25, 0.3) is 11.2 Å². The maximum atomic E-state index is 4.44. The zero-order chi connectivity index (χ0) is 13.8. The van der Waals surface area contributed by atoms with Crippen molar-refractivity contribution in [3.05, 3.63) is 43.0 Å². The van der Waals surface area contributed by atoms with Gasteiger partial charge < -0.3 is 9.88 Å². The number of anilines is 2. The van der Waals surface area contributed by atoms with E-state index >= 15 is 0 Å². The van der Waals surface area contributed by atoms with Gasteiger partial charge in [0, 0.05) is 12.2 Å². The molecule has 5 heteroatoms. The van der Waals surface area contributed by atoms with E-state index in [1.54, 1.807) is 6.33 Å². The van der Waals surface area contributed by atoms with Crippen molar-refractivity contribution in [2.24, 2.45) is 0 Å². The summed E-state index contributed by atoms with van der Waals surface area (Å²) in [5, 5.41) is 3.29. The molecular weight excluding hydrogens is 250 g/mol. The first-order valence-electron chi connectivity index (χ1n) is 6.86. The van der Waals surface area contributed by atoms with Crippen LogP contribution in [0.5, 0.6) is 0 Å². The number of para-hydroxylation sites is 1. The Hall–Kier alpha value is -2.43. The van der Waals surface area contributed by atoms with E-state index in [2.05, 4.69) is 31.8 Å². The second-order valence-corrected chi connectivity index (χ2v) is 4.68. The molecule has 0 bridgehead atoms. The molecule has 102 valence electrons. The number of hydrogen-bond acceptors (Lipinski definition) is 4. The number of hydrogen-bond donors (Lipinski definition) is 1. The van der Waals surface area contributed by atoms with E-state index in [1.807, 2.05) is 36.7 Å². The van der Waals surface area contributed by atoms with Crippen LogP contribution in [0, 0.1) is 0 Å². The fourth-order valence-electron chi connectivity index (χ4n) is 2.12. The van der Waals surface area contributed by atoms with E-state index in [9.17, 15) is 0 Å². The average Bonchev–Trinajstić information content (AvgIpc) is 2.90. The number of fused-ring (bicyclic) bond motifs is 1. The van der Waals surface area contributed by atoms with Gasteiger partial charge in [0.1, 0.15) is 6.33 Å². The molecule has 0 spiro atoms. The standard InChI is InChI=1S/C15H17N5/c1-2-3-9-20-11-18-13-14(16-10-17-15(13)20)19-12-7-5-4-6-8-12/h4-8,10-11H,2-3,9H2,1H3,(H,16,17,19). The van der Waals surface area contributed by atoms with Crippen molar-refractivity contribution in [2.75, 3.05) is 5.32 Å². The Balaban J connectivity index is 1.94. The van der Waals surface area contributed by atoms with Crippen molar-refractivity contribution in [2.45, 2.75) is 26.3 Å². The van der Waals surface area contributed by atoms with Gasteiger partial charge in [-0.15, -0.1) is 0 Å². The highest BCUT2D eigenvalue weighted by molar-refractivity contribution is 5.84. The fourth-order valence-corrected chi connectivity index (χ4v) is 2.12. The third kappa shape index (κ3) is 2.47. The summed E-state index contributed by atoms with van der Waals surface area (Å²) >= 11 is 0. The van der Waals surface area contributed by atoms with E-state index in [0.717, 1.165) is 42.1 Å². The number of aryl methyl sites for hydroxylation is 1. The van der Waals surface area contributed by atoms with Crippen LogP contribution >= 0.6 is 0 Å². The van der Waals surface area contributed by atoms with E-state index in [4.69, 9.17) is 0 Å². The Bertz CT molecular complexity index is 690. The number of nitrogens with one attached hydrogen (secondary N) is 1. The lowest BCUT2D eigenvalue weighted by Gasteiger charge is -2.06. The van der Waals surface area contributed by atoms with Crippen molar-refractivity contribution in [3.63, 3.8) is 0 Å². The smallest absolute Gasteiger partial charge is 0.165 e. The summed E-state index contributed by atoms with van der Waals surface area (Å²) in [6.07, 6.45) is 5.69. The van der Waals surface area contributed by atoms with Gasteiger partial charge in [0.15, 0.2) is 17.0 Å². The summed E-state index contributed by atoms with van der Waals surface area (Å²) in [6, 6.07) is 9.96. The molecule has 2 aromatic heterocycles. The lowest BCUT2D eigenvalue weighted by Crippen LogP contribution is -1.99. The van der Waals surface area contributed by atoms with Crippen LogP contribution in [-0.2, 0) is 6.54 Å². The van der Waals surface area contributed by atoms with E-state index < -0.39 is 0 Å². The molecule has 0 aliphatic carbocycles. The molecule has 0 amide bonds. The molecule has 0 aliphatic heterocycles. The van der Waals surface area contributed by atoms with Gasteiger partial charge in [-0.2, -0.15) is 0 Å². The first kappa shape index (κ1) is 12.6. The van der Waals surface area contributed by atoms with Gasteiger partial charge in [-0.05, 0) is 18.6 Å². The van der Waals surface area contributed by atoms with E-state index in [1.165, 1.54) is 0 Å². The van der Waals surface area contributed by atoms with Gasteiger partial charge in [-0.1, -0.05) is 31.5 Å². The summed E-state index contributed by atoms with van der Waals surface area (Å²) in [6.45, 7) is 3.12. The summed E-state index contributed by atoms with van der Waals surface area (Å²) in [4.78, 5) is 13.1.